The van der Waals surface area contributed by atoms with Crippen LogP contribution >= 0.6 is 0 Å². The largest absolute Gasteiger partial charge is 0.418 e. The molecule has 0 aliphatic carbocycles. The first-order valence-electron chi connectivity index (χ1n) is 5.74. The lowest BCUT2D eigenvalue weighted by molar-refractivity contribution is -0.137. The van der Waals surface area contributed by atoms with Gasteiger partial charge in [-0.3, -0.25) is 4.79 Å². The fourth-order valence-electron chi connectivity index (χ4n) is 2.29. The minimum absolute atomic E-state index is 0.0378. The van der Waals surface area contributed by atoms with Crippen molar-refractivity contribution in [1.82, 2.24) is 0 Å². The molecule has 1 saturated heterocycles. The zero-order valence-corrected chi connectivity index (χ0v) is 10.1. The van der Waals surface area contributed by atoms with Crippen LogP contribution in [0, 0.1) is 17.2 Å². The maximum Gasteiger partial charge on any atom is 0.418 e. The molecule has 0 saturated carbocycles. The monoisotopic (exact) mass is 268 g/mol. The summed E-state index contributed by atoms with van der Waals surface area (Å²) in [4.78, 5) is 12.9. The molecular formula is C13H11F3N2O. The molecule has 0 radical (unpaired) electrons. The molecular weight excluding hydrogens is 257 g/mol. The van der Waals surface area contributed by atoms with Gasteiger partial charge >= 0.3 is 6.18 Å². The Labute approximate surface area is 108 Å². The standard InChI is InChI=1S/C13H11F3N2O/c1-8-9(7-17)6-12(19)18(8)11-5-3-2-4-10(11)13(14,15)16/h2-5,8-9H,6H2,1H3. The van der Waals surface area contributed by atoms with Crippen molar-refractivity contribution in [2.75, 3.05) is 4.90 Å². The lowest BCUT2D eigenvalue weighted by Crippen LogP contribution is -2.34. The third-order valence-corrected chi connectivity index (χ3v) is 3.29. The molecule has 0 spiro atoms. The quantitative estimate of drug-likeness (QED) is 0.786. The Morgan fingerprint density at radius 2 is 2.00 bits per heavy atom. The van der Waals surface area contributed by atoms with Crippen molar-refractivity contribution >= 4 is 11.6 Å². The number of anilines is 1. The van der Waals surface area contributed by atoms with Crippen molar-refractivity contribution in [3.05, 3.63) is 29.8 Å². The third-order valence-electron chi connectivity index (χ3n) is 3.29. The zero-order chi connectivity index (χ0) is 14.2. The smallest absolute Gasteiger partial charge is 0.308 e. The number of nitriles is 1. The number of carbonyl (C=O) groups is 1. The van der Waals surface area contributed by atoms with Gasteiger partial charge in [0.05, 0.1) is 29.3 Å². The van der Waals surface area contributed by atoms with E-state index in [1.54, 1.807) is 6.92 Å². The van der Waals surface area contributed by atoms with E-state index in [2.05, 4.69) is 0 Å². The average Bonchev–Trinajstić information content (AvgIpc) is 2.63. The highest BCUT2D eigenvalue weighted by atomic mass is 19.4. The normalized spacial score (nSPS) is 23.5. The number of nitrogens with zero attached hydrogens (tertiary/aromatic N) is 2. The number of rotatable bonds is 1. The molecule has 19 heavy (non-hydrogen) atoms. The van der Waals surface area contributed by atoms with Crippen molar-refractivity contribution in [3.63, 3.8) is 0 Å². The van der Waals surface area contributed by atoms with Crippen LogP contribution in [0.4, 0.5) is 18.9 Å². The summed E-state index contributed by atoms with van der Waals surface area (Å²) in [5.74, 6) is -1.02. The second-order valence-corrected chi connectivity index (χ2v) is 4.46. The molecule has 2 rings (SSSR count). The minimum Gasteiger partial charge on any atom is -0.308 e. The number of hydrogen-bond acceptors (Lipinski definition) is 2. The Balaban J connectivity index is 2.49. The molecule has 1 fully saturated rings. The number of hydrogen-bond donors (Lipinski definition) is 0. The number of amides is 1. The second-order valence-electron chi connectivity index (χ2n) is 4.46. The van der Waals surface area contributed by atoms with Crippen LogP contribution in [0.1, 0.15) is 18.9 Å². The topological polar surface area (TPSA) is 44.1 Å². The van der Waals surface area contributed by atoms with Crippen molar-refractivity contribution in [2.24, 2.45) is 5.92 Å². The summed E-state index contributed by atoms with van der Waals surface area (Å²) < 4.78 is 38.8. The summed E-state index contributed by atoms with van der Waals surface area (Å²) in [7, 11) is 0. The highest BCUT2D eigenvalue weighted by Gasteiger charge is 2.42. The van der Waals surface area contributed by atoms with Gasteiger partial charge in [0, 0.05) is 6.42 Å². The van der Waals surface area contributed by atoms with Gasteiger partial charge in [-0.2, -0.15) is 18.4 Å². The van der Waals surface area contributed by atoms with E-state index >= 15 is 0 Å². The Kier molecular flexibility index (Phi) is 3.23. The maximum absolute atomic E-state index is 12.9. The van der Waals surface area contributed by atoms with E-state index in [9.17, 15) is 18.0 Å². The van der Waals surface area contributed by atoms with Crippen LogP contribution in [0.2, 0.25) is 0 Å². The lowest BCUT2D eigenvalue weighted by Gasteiger charge is -2.26. The second kappa shape index (κ2) is 4.57. The highest BCUT2D eigenvalue weighted by molar-refractivity contribution is 5.97. The summed E-state index contributed by atoms with van der Waals surface area (Å²) in [5, 5.41) is 8.90. The van der Waals surface area contributed by atoms with E-state index in [1.807, 2.05) is 6.07 Å². The number of benzene rings is 1. The SMILES string of the molecule is CC1C(C#N)CC(=O)N1c1ccccc1C(F)(F)F. The van der Waals surface area contributed by atoms with Crippen LogP contribution in [0.15, 0.2) is 24.3 Å². The lowest BCUT2D eigenvalue weighted by atomic mass is 10.0. The zero-order valence-electron chi connectivity index (χ0n) is 10.1. The van der Waals surface area contributed by atoms with Gasteiger partial charge in [0.25, 0.3) is 0 Å². The van der Waals surface area contributed by atoms with Crippen LogP contribution in [0.3, 0.4) is 0 Å². The predicted molar refractivity (Wildman–Crippen MR) is 62.1 cm³/mol. The molecule has 100 valence electrons. The third kappa shape index (κ3) is 2.28. The number of para-hydroxylation sites is 1. The van der Waals surface area contributed by atoms with Crippen molar-refractivity contribution < 1.29 is 18.0 Å². The molecule has 1 heterocycles. The van der Waals surface area contributed by atoms with Gasteiger partial charge in [-0.25, -0.2) is 0 Å². The fourth-order valence-corrected chi connectivity index (χ4v) is 2.29. The molecule has 6 heteroatoms. The first kappa shape index (κ1) is 13.4. The van der Waals surface area contributed by atoms with E-state index in [-0.39, 0.29) is 12.1 Å². The van der Waals surface area contributed by atoms with Gasteiger partial charge in [-0.1, -0.05) is 12.1 Å². The summed E-state index contributed by atoms with van der Waals surface area (Å²) in [6.07, 6.45) is -4.56. The summed E-state index contributed by atoms with van der Waals surface area (Å²) in [6, 6.07) is 6.33. The maximum atomic E-state index is 12.9. The first-order valence-corrected chi connectivity index (χ1v) is 5.74. The summed E-state index contributed by atoms with van der Waals surface area (Å²) >= 11 is 0. The molecule has 3 nitrogen and oxygen atoms in total. The van der Waals surface area contributed by atoms with E-state index in [0.29, 0.717) is 0 Å². The molecule has 1 aliphatic heterocycles. The predicted octanol–water partition coefficient (Wildman–Crippen LogP) is 2.97. The van der Waals surface area contributed by atoms with Crippen LogP contribution in [-0.4, -0.2) is 11.9 Å². The van der Waals surface area contributed by atoms with E-state index in [0.717, 1.165) is 11.0 Å². The van der Waals surface area contributed by atoms with Crippen LogP contribution in [0.25, 0.3) is 0 Å². The molecule has 0 N–H and O–H groups in total. The number of halogens is 3. The molecule has 1 aromatic rings. The Morgan fingerprint density at radius 3 is 2.53 bits per heavy atom. The van der Waals surface area contributed by atoms with Crippen molar-refractivity contribution in [2.45, 2.75) is 25.6 Å². The molecule has 2 atom stereocenters. The average molecular weight is 268 g/mol. The Hall–Kier alpha value is -2.03. The van der Waals surface area contributed by atoms with Crippen LogP contribution in [-0.2, 0) is 11.0 Å². The fraction of sp³-hybridized carbons (Fsp3) is 0.385. The molecule has 0 aromatic heterocycles. The van der Waals surface area contributed by atoms with Crippen molar-refractivity contribution in [3.8, 4) is 6.07 Å². The molecule has 0 bridgehead atoms. The van der Waals surface area contributed by atoms with Gasteiger partial charge in [0.1, 0.15) is 0 Å². The molecule has 1 aromatic carbocycles. The number of alkyl halides is 3. The molecule has 1 amide bonds. The Bertz CT molecular complexity index is 548. The Morgan fingerprint density at radius 1 is 1.37 bits per heavy atom. The van der Waals surface area contributed by atoms with Gasteiger partial charge in [0.15, 0.2) is 0 Å². The number of carbonyl (C=O) groups excluding carboxylic acids is 1. The van der Waals surface area contributed by atoms with Crippen molar-refractivity contribution in [1.29, 1.82) is 5.26 Å². The van der Waals surface area contributed by atoms with Crippen LogP contribution in [0.5, 0.6) is 0 Å². The molecule has 1 aliphatic rings. The highest BCUT2D eigenvalue weighted by Crippen LogP contribution is 2.40. The molecule has 2 unspecified atom stereocenters. The van der Waals surface area contributed by atoms with E-state index in [1.165, 1.54) is 18.2 Å². The summed E-state index contributed by atoms with van der Waals surface area (Å²) in [5.41, 5.74) is -1.03. The van der Waals surface area contributed by atoms with Crippen LogP contribution < -0.4 is 4.90 Å². The van der Waals surface area contributed by atoms with E-state index < -0.39 is 29.6 Å². The van der Waals surface area contributed by atoms with Gasteiger partial charge < -0.3 is 4.90 Å². The summed E-state index contributed by atoms with van der Waals surface area (Å²) in [6.45, 7) is 1.59. The van der Waals surface area contributed by atoms with E-state index in [4.69, 9.17) is 5.26 Å². The van der Waals surface area contributed by atoms with Gasteiger partial charge in [-0.15, -0.1) is 0 Å². The van der Waals surface area contributed by atoms with Gasteiger partial charge in [0.2, 0.25) is 5.91 Å². The first-order chi connectivity index (χ1) is 8.86. The van der Waals surface area contributed by atoms with Gasteiger partial charge in [-0.05, 0) is 19.1 Å². The minimum atomic E-state index is -4.53.